The van der Waals surface area contributed by atoms with Crippen LogP contribution in [0.5, 0.6) is 11.5 Å². The molecule has 3 amide bonds. The Labute approximate surface area is 155 Å². The van der Waals surface area contributed by atoms with Gasteiger partial charge in [-0.25, -0.2) is 4.79 Å². The van der Waals surface area contributed by atoms with Crippen LogP contribution in [0, 0.1) is 10.1 Å². The summed E-state index contributed by atoms with van der Waals surface area (Å²) in [5.74, 6) is -0.155. The lowest BCUT2D eigenvalue weighted by Gasteiger charge is -2.13. The van der Waals surface area contributed by atoms with Gasteiger partial charge in [0.1, 0.15) is 11.5 Å². The summed E-state index contributed by atoms with van der Waals surface area (Å²) >= 11 is 0. The lowest BCUT2D eigenvalue weighted by atomic mass is 10.1. The molecule has 2 rings (SSSR count). The third-order valence-electron chi connectivity index (χ3n) is 3.46. The summed E-state index contributed by atoms with van der Waals surface area (Å²) in [6.07, 6.45) is 0. The number of nitro groups is 1. The predicted molar refractivity (Wildman–Crippen MR) is 98.6 cm³/mol. The second-order valence-corrected chi connectivity index (χ2v) is 6.03. The normalized spacial score (nSPS) is 10.3. The fourth-order valence-corrected chi connectivity index (χ4v) is 2.23. The molecule has 0 atom stereocenters. The quantitative estimate of drug-likeness (QED) is 0.507. The van der Waals surface area contributed by atoms with Gasteiger partial charge in [0, 0.05) is 24.7 Å². The minimum Gasteiger partial charge on any atom is -0.457 e. The molecule has 0 bridgehead atoms. The van der Waals surface area contributed by atoms with E-state index in [9.17, 15) is 19.7 Å². The number of hydrogen-bond donors (Lipinski definition) is 3. The Hall–Kier alpha value is -3.62. The zero-order chi connectivity index (χ0) is 20.0. The van der Waals surface area contributed by atoms with Crippen molar-refractivity contribution in [1.29, 1.82) is 0 Å². The van der Waals surface area contributed by atoms with Crippen molar-refractivity contribution in [3.05, 3.63) is 63.7 Å². The number of carbonyl (C=O) groups excluding carboxylic acids is 2. The molecule has 2 aromatic carbocycles. The van der Waals surface area contributed by atoms with Gasteiger partial charge < -0.3 is 21.1 Å². The van der Waals surface area contributed by atoms with Gasteiger partial charge in [-0.3, -0.25) is 14.9 Å². The summed E-state index contributed by atoms with van der Waals surface area (Å²) in [6.45, 7) is 3.89. The summed E-state index contributed by atoms with van der Waals surface area (Å²) in [4.78, 5) is 33.6. The van der Waals surface area contributed by atoms with Gasteiger partial charge in [0.15, 0.2) is 0 Å². The molecule has 0 heterocycles. The summed E-state index contributed by atoms with van der Waals surface area (Å²) in [6, 6.07) is 9.89. The van der Waals surface area contributed by atoms with Gasteiger partial charge in [0.2, 0.25) is 0 Å². The first-order chi connectivity index (χ1) is 12.8. The van der Waals surface area contributed by atoms with E-state index in [1.165, 1.54) is 30.3 Å². The Morgan fingerprint density at radius 1 is 1.19 bits per heavy atom. The number of carbonyl (C=O) groups is 2. The van der Waals surface area contributed by atoms with Gasteiger partial charge in [0.25, 0.3) is 11.6 Å². The Kier molecular flexibility index (Phi) is 6.32. The van der Waals surface area contributed by atoms with E-state index in [-0.39, 0.29) is 35.6 Å². The highest BCUT2D eigenvalue weighted by molar-refractivity contribution is 5.96. The first kappa shape index (κ1) is 19.7. The number of benzene rings is 2. The summed E-state index contributed by atoms with van der Waals surface area (Å²) in [5.41, 5.74) is 6.15. The van der Waals surface area contributed by atoms with Crippen LogP contribution in [0.15, 0.2) is 42.5 Å². The van der Waals surface area contributed by atoms with Crippen LogP contribution in [0.25, 0.3) is 0 Å². The largest absolute Gasteiger partial charge is 0.457 e. The Morgan fingerprint density at radius 3 is 2.41 bits per heavy atom. The number of nitrogens with zero attached hydrogens (tertiary/aromatic N) is 1. The van der Waals surface area contributed by atoms with Crippen LogP contribution < -0.4 is 21.1 Å². The molecule has 9 nitrogen and oxygen atoms in total. The Balaban J connectivity index is 2.14. The fourth-order valence-electron chi connectivity index (χ4n) is 2.23. The molecule has 0 aliphatic carbocycles. The number of nitrogens with one attached hydrogen (secondary N) is 2. The van der Waals surface area contributed by atoms with Gasteiger partial charge in [-0.1, -0.05) is 6.07 Å². The summed E-state index contributed by atoms with van der Waals surface area (Å²) < 4.78 is 5.62. The van der Waals surface area contributed by atoms with E-state index < -0.39 is 10.8 Å². The molecule has 0 saturated heterocycles. The number of rotatable bonds is 7. The van der Waals surface area contributed by atoms with Crippen molar-refractivity contribution in [1.82, 2.24) is 10.6 Å². The van der Waals surface area contributed by atoms with Crippen molar-refractivity contribution in [2.75, 3.05) is 0 Å². The highest BCUT2D eigenvalue weighted by atomic mass is 16.6. The molecule has 0 saturated carbocycles. The summed E-state index contributed by atoms with van der Waals surface area (Å²) in [7, 11) is 0. The number of hydrogen-bond acceptors (Lipinski definition) is 5. The van der Waals surface area contributed by atoms with Crippen LogP contribution in [-0.2, 0) is 6.54 Å². The van der Waals surface area contributed by atoms with Crippen LogP contribution in [0.1, 0.15) is 29.8 Å². The molecule has 0 fully saturated rings. The smallest absolute Gasteiger partial charge is 0.315 e. The first-order valence-electron chi connectivity index (χ1n) is 8.15. The number of amides is 3. The average molecular weight is 372 g/mol. The monoisotopic (exact) mass is 372 g/mol. The van der Waals surface area contributed by atoms with E-state index in [0.717, 1.165) is 0 Å². The molecule has 0 spiro atoms. The number of nitrogens with two attached hydrogens (primary N) is 1. The van der Waals surface area contributed by atoms with Gasteiger partial charge in [0.05, 0.1) is 10.5 Å². The number of primary amides is 1. The third-order valence-corrected chi connectivity index (χ3v) is 3.46. The van der Waals surface area contributed by atoms with Crippen molar-refractivity contribution in [2.45, 2.75) is 26.4 Å². The highest BCUT2D eigenvalue weighted by Crippen LogP contribution is 2.27. The van der Waals surface area contributed by atoms with Gasteiger partial charge >= 0.3 is 6.03 Å². The molecular weight excluding hydrogens is 352 g/mol. The first-order valence-corrected chi connectivity index (χ1v) is 8.15. The van der Waals surface area contributed by atoms with Crippen LogP contribution in [0.2, 0.25) is 0 Å². The maximum atomic E-state index is 11.7. The Morgan fingerprint density at radius 2 is 1.85 bits per heavy atom. The van der Waals surface area contributed by atoms with Crippen LogP contribution >= 0.6 is 0 Å². The Bertz CT molecular complexity index is 849. The molecule has 27 heavy (non-hydrogen) atoms. The van der Waals surface area contributed by atoms with E-state index in [2.05, 4.69) is 10.6 Å². The van der Waals surface area contributed by atoms with Crippen LogP contribution in [-0.4, -0.2) is 22.9 Å². The molecule has 0 radical (unpaired) electrons. The second-order valence-electron chi connectivity index (χ2n) is 6.03. The highest BCUT2D eigenvalue weighted by Gasteiger charge is 2.13. The molecule has 0 aliphatic rings. The van der Waals surface area contributed by atoms with Crippen molar-refractivity contribution in [3.8, 4) is 11.5 Å². The van der Waals surface area contributed by atoms with Crippen molar-refractivity contribution >= 4 is 17.6 Å². The van der Waals surface area contributed by atoms with E-state index in [0.29, 0.717) is 11.3 Å². The summed E-state index contributed by atoms with van der Waals surface area (Å²) in [5, 5.41) is 16.1. The van der Waals surface area contributed by atoms with E-state index >= 15 is 0 Å². The van der Waals surface area contributed by atoms with Crippen molar-refractivity contribution < 1.29 is 19.2 Å². The minimum atomic E-state index is -0.694. The average Bonchev–Trinajstić information content (AvgIpc) is 2.60. The topological polar surface area (TPSA) is 137 Å². The van der Waals surface area contributed by atoms with E-state index in [4.69, 9.17) is 10.5 Å². The molecule has 4 N–H and O–H groups in total. The van der Waals surface area contributed by atoms with Crippen molar-refractivity contribution in [2.24, 2.45) is 5.73 Å². The molecular formula is C18H20N4O5. The van der Waals surface area contributed by atoms with Gasteiger partial charge in [-0.2, -0.15) is 0 Å². The zero-order valence-electron chi connectivity index (χ0n) is 14.9. The van der Waals surface area contributed by atoms with E-state index in [1.54, 1.807) is 12.1 Å². The molecule has 0 aromatic heterocycles. The number of non-ortho nitro benzene ring substituents is 1. The third kappa shape index (κ3) is 5.70. The van der Waals surface area contributed by atoms with E-state index in [1.807, 2.05) is 13.8 Å². The second kappa shape index (κ2) is 8.65. The predicted octanol–water partition coefficient (Wildman–Crippen LogP) is 2.69. The van der Waals surface area contributed by atoms with Crippen molar-refractivity contribution in [3.63, 3.8) is 0 Å². The molecule has 2 aromatic rings. The van der Waals surface area contributed by atoms with Gasteiger partial charge in [-0.05, 0) is 43.7 Å². The number of nitro benzene ring substituents is 1. The number of ether oxygens (including phenoxy) is 1. The maximum absolute atomic E-state index is 11.7. The molecule has 142 valence electrons. The molecule has 0 aliphatic heterocycles. The minimum absolute atomic E-state index is 0.00338. The fraction of sp³-hybridized carbons (Fsp3) is 0.222. The maximum Gasteiger partial charge on any atom is 0.315 e. The zero-order valence-corrected chi connectivity index (χ0v) is 14.9. The van der Waals surface area contributed by atoms with Crippen LogP contribution in [0.4, 0.5) is 10.5 Å². The SMILES string of the molecule is CC(C)NC(=O)NCc1ccc(Oc2ccc([N+](=O)[O-])cc2)c(C(N)=O)c1. The van der Waals surface area contributed by atoms with Gasteiger partial charge in [-0.15, -0.1) is 0 Å². The van der Waals surface area contributed by atoms with Crippen LogP contribution in [0.3, 0.4) is 0 Å². The molecule has 0 unspecified atom stereocenters. The lowest BCUT2D eigenvalue weighted by molar-refractivity contribution is -0.384. The number of urea groups is 1. The standard InChI is InChI=1S/C18H20N4O5/c1-11(2)21-18(24)20-10-12-3-8-16(15(9-12)17(19)23)27-14-6-4-13(5-7-14)22(25)26/h3-9,11H,10H2,1-2H3,(H2,19,23)(H2,20,21,24). The lowest BCUT2D eigenvalue weighted by Crippen LogP contribution is -2.39. The molecule has 9 heteroatoms.